The first-order chi connectivity index (χ1) is 12.2. The minimum Gasteiger partial charge on any atom is -0.394 e. The van der Waals surface area contributed by atoms with Gasteiger partial charge in [0.1, 0.15) is 12.2 Å². The molecule has 1 N–H and O–H groups in total. The number of ether oxygens (including phenoxy) is 5. The van der Waals surface area contributed by atoms with Crippen LogP contribution >= 0.6 is 0 Å². The van der Waals surface area contributed by atoms with Crippen LogP contribution in [0.2, 0.25) is 0 Å². The Bertz CT molecular complexity index is 264. The lowest BCUT2D eigenvalue weighted by molar-refractivity contribution is -0.234. The molecule has 0 aliphatic heterocycles. The Hall–Kier alpha value is -0.240. The Kier molecular flexibility index (Phi) is 18.4. The van der Waals surface area contributed by atoms with Gasteiger partial charge in [-0.05, 0) is 19.3 Å². The Morgan fingerprint density at radius 2 is 1.36 bits per heavy atom. The summed E-state index contributed by atoms with van der Waals surface area (Å²) in [6.07, 6.45) is 4.95. The minimum absolute atomic E-state index is 0.0596. The third kappa shape index (κ3) is 12.7. The molecule has 0 aromatic rings. The average molecular weight is 365 g/mol. The number of hydrogen-bond donors (Lipinski definition) is 1. The van der Waals surface area contributed by atoms with Crippen LogP contribution < -0.4 is 0 Å². The van der Waals surface area contributed by atoms with Crippen molar-refractivity contribution in [3.05, 3.63) is 0 Å². The molecule has 6 nitrogen and oxygen atoms in total. The summed E-state index contributed by atoms with van der Waals surface area (Å²) in [6.45, 7) is 8.96. The lowest BCUT2D eigenvalue weighted by Crippen LogP contribution is -2.46. The monoisotopic (exact) mass is 364 g/mol. The van der Waals surface area contributed by atoms with Crippen LogP contribution in [-0.2, 0) is 23.7 Å². The summed E-state index contributed by atoms with van der Waals surface area (Å²) in [6, 6.07) is 0. The van der Waals surface area contributed by atoms with Gasteiger partial charge in [0.05, 0.1) is 19.8 Å². The van der Waals surface area contributed by atoms with Crippen molar-refractivity contribution >= 4 is 0 Å². The summed E-state index contributed by atoms with van der Waals surface area (Å²) in [4.78, 5) is 0. The third-order valence-corrected chi connectivity index (χ3v) is 3.80. The van der Waals surface area contributed by atoms with Crippen LogP contribution in [0.25, 0.3) is 0 Å². The van der Waals surface area contributed by atoms with Crippen LogP contribution in [0.5, 0.6) is 0 Å². The molecule has 2 unspecified atom stereocenters. The van der Waals surface area contributed by atoms with E-state index in [4.69, 9.17) is 28.8 Å². The Labute approximate surface area is 154 Å². The fourth-order valence-corrected chi connectivity index (χ4v) is 2.25. The maximum absolute atomic E-state index is 9.04. The van der Waals surface area contributed by atoms with Crippen molar-refractivity contribution < 1.29 is 28.8 Å². The Morgan fingerprint density at radius 3 is 1.92 bits per heavy atom. The standard InChI is InChI=1S/C19H40O6/c1-5-8-12-22-16-17(23-13-9-6-2)18(24-14-10-7-3)19(21-4)25-15-11-20/h17-20H,5-16H2,1-4H3/t17?,18?,19-/m1/s1. The second-order valence-corrected chi connectivity index (χ2v) is 6.08. The van der Waals surface area contributed by atoms with E-state index in [1.807, 2.05) is 0 Å². The summed E-state index contributed by atoms with van der Waals surface area (Å²) >= 11 is 0. The van der Waals surface area contributed by atoms with Crippen LogP contribution in [0.1, 0.15) is 59.3 Å². The molecule has 0 saturated carbocycles. The number of unbranched alkanes of at least 4 members (excludes halogenated alkanes) is 3. The van der Waals surface area contributed by atoms with Gasteiger partial charge in [0.25, 0.3) is 0 Å². The molecular weight excluding hydrogens is 324 g/mol. The lowest BCUT2D eigenvalue weighted by atomic mass is 10.2. The fraction of sp³-hybridized carbons (Fsp3) is 1.00. The molecule has 0 amide bonds. The molecular formula is C19H40O6. The average Bonchev–Trinajstić information content (AvgIpc) is 2.63. The molecule has 0 aromatic carbocycles. The summed E-state index contributed by atoms with van der Waals surface area (Å²) in [5.41, 5.74) is 0. The number of rotatable bonds is 19. The molecule has 0 radical (unpaired) electrons. The topological polar surface area (TPSA) is 66.4 Å². The highest BCUT2D eigenvalue weighted by molar-refractivity contribution is 4.75. The molecule has 3 atom stereocenters. The van der Waals surface area contributed by atoms with Gasteiger partial charge in [0, 0.05) is 26.9 Å². The number of aliphatic hydroxyl groups excluding tert-OH is 1. The highest BCUT2D eigenvalue weighted by Gasteiger charge is 2.32. The normalized spacial score (nSPS) is 15.2. The van der Waals surface area contributed by atoms with Gasteiger partial charge in [-0.15, -0.1) is 0 Å². The first kappa shape index (κ1) is 24.8. The maximum Gasteiger partial charge on any atom is 0.186 e. The molecule has 0 rings (SSSR count). The minimum atomic E-state index is -0.592. The number of methoxy groups -OCH3 is 1. The lowest BCUT2D eigenvalue weighted by Gasteiger charge is -2.32. The second kappa shape index (κ2) is 18.5. The van der Waals surface area contributed by atoms with E-state index in [0.29, 0.717) is 26.4 Å². The molecule has 0 saturated heterocycles. The molecule has 0 heterocycles. The van der Waals surface area contributed by atoms with E-state index >= 15 is 0 Å². The first-order valence-corrected chi connectivity index (χ1v) is 9.81. The van der Waals surface area contributed by atoms with E-state index in [1.54, 1.807) is 7.11 Å². The molecule has 6 heteroatoms. The summed E-state index contributed by atoms with van der Waals surface area (Å²) in [5, 5.41) is 9.04. The van der Waals surface area contributed by atoms with Crippen LogP contribution in [0, 0.1) is 0 Å². The number of hydrogen-bond acceptors (Lipinski definition) is 6. The molecule has 0 spiro atoms. The summed E-state index contributed by atoms with van der Waals surface area (Å²) < 4.78 is 29.0. The highest BCUT2D eigenvalue weighted by atomic mass is 16.7. The molecule has 0 aliphatic rings. The van der Waals surface area contributed by atoms with E-state index in [-0.39, 0.29) is 25.4 Å². The molecule has 152 valence electrons. The van der Waals surface area contributed by atoms with Crippen LogP contribution in [0.4, 0.5) is 0 Å². The smallest absolute Gasteiger partial charge is 0.186 e. The van der Waals surface area contributed by atoms with Crippen LogP contribution in [-0.4, -0.2) is 70.4 Å². The van der Waals surface area contributed by atoms with E-state index in [1.165, 1.54) is 0 Å². The van der Waals surface area contributed by atoms with Gasteiger partial charge in [-0.25, -0.2) is 0 Å². The van der Waals surface area contributed by atoms with Gasteiger partial charge < -0.3 is 28.8 Å². The van der Waals surface area contributed by atoms with Gasteiger partial charge in [0.15, 0.2) is 6.29 Å². The molecule has 0 fully saturated rings. The van der Waals surface area contributed by atoms with Gasteiger partial charge in [-0.3, -0.25) is 0 Å². The van der Waals surface area contributed by atoms with Crippen molar-refractivity contribution in [2.24, 2.45) is 0 Å². The largest absolute Gasteiger partial charge is 0.394 e. The predicted octanol–water partition coefficient (Wildman–Crippen LogP) is 3.16. The zero-order chi connectivity index (χ0) is 18.8. The molecule has 0 bridgehead atoms. The van der Waals surface area contributed by atoms with Crippen molar-refractivity contribution in [3.8, 4) is 0 Å². The third-order valence-electron chi connectivity index (χ3n) is 3.80. The van der Waals surface area contributed by atoms with Gasteiger partial charge in [-0.2, -0.15) is 0 Å². The molecule has 25 heavy (non-hydrogen) atoms. The van der Waals surface area contributed by atoms with E-state index in [0.717, 1.165) is 38.5 Å². The van der Waals surface area contributed by atoms with Crippen LogP contribution in [0.15, 0.2) is 0 Å². The van der Waals surface area contributed by atoms with Crippen molar-refractivity contribution in [1.82, 2.24) is 0 Å². The Balaban J connectivity index is 4.87. The van der Waals surface area contributed by atoms with Crippen LogP contribution in [0.3, 0.4) is 0 Å². The fourth-order valence-electron chi connectivity index (χ4n) is 2.25. The second-order valence-electron chi connectivity index (χ2n) is 6.08. The molecule has 0 aromatic heterocycles. The zero-order valence-electron chi connectivity index (χ0n) is 16.7. The zero-order valence-corrected chi connectivity index (χ0v) is 16.7. The van der Waals surface area contributed by atoms with Crippen molar-refractivity contribution in [2.45, 2.75) is 77.8 Å². The maximum atomic E-state index is 9.04. The predicted molar refractivity (Wildman–Crippen MR) is 98.9 cm³/mol. The van der Waals surface area contributed by atoms with Crippen molar-refractivity contribution in [3.63, 3.8) is 0 Å². The Morgan fingerprint density at radius 1 is 0.760 bits per heavy atom. The van der Waals surface area contributed by atoms with Gasteiger partial charge in [-0.1, -0.05) is 40.0 Å². The first-order valence-electron chi connectivity index (χ1n) is 9.81. The van der Waals surface area contributed by atoms with Gasteiger partial charge in [0.2, 0.25) is 0 Å². The summed E-state index contributed by atoms with van der Waals surface area (Å²) in [5.74, 6) is 0. The van der Waals surface area contributed by atoms with E-state index < -0.39 is 6.29 Å². The van der Waals surface area contributed by atoms with Gasteiger partial charge >= 0.3 is 0 Å². The van der Waals surface area contributed by atoms with E-state index in [9.17, 15) is 0 Å². The molecule has 0 aliphatic carbocycles. The number of aliphatic hydroxyl groups is 1. The quantitative estimate of drug-likeness (QED) is 0.280. The highest BCUT2D eigenvalue weighted by Crippen LogP contribution is 2.16. The van der Waals surface area contributed by atoms with Crippen molar-refractivity contribution in [2.75, 3.05) is 46.8 Å². The summed E-state index contributed by atoms with van der Waals surface area (Å²) in [7, 11) is 1.58. The van der Waals surface area contributed by atoms with E-state index in [2.05, 4.69) is 20.8 Å². The van der Waals surface area contributed by atoms with Crippen molar-refractivity contribution in [1.29, 1.82) is 0 Å². The SMILES string of the molecule is CCCCOCC(OCCCC)C(OCCCC)[C@H](OC)OCCO.